The van der Waals surface area contributed by atoms with Crippen LogP contribution in [-0.2, 0) is 9.53 Å². The molecule has 0 aromatic rings. The van der Waals surface area contributed by atoms with E-state index in [1.807, 2.05) is 6.92 Å². The lowest BCUT2D eigenvalue weighted by Crippen LogP contribution is -2.46. The molecule has 1 fully saturated rings. The van der Waals surface area contributed by atoms with Crippen molar-refractivity contribution in [2.45, 2.75) is 58.2 Å². The van der Waals surface area contributed by atoms with Crippen LogP contribution in [-0.4, -0.2) is 39.8 Å². The molecule has 92 valence electrons. The molecular weight excluding hydrogens is 210 g/mol. The van der Waals surface area contributed by atoms with E-state index in [1.165, 1.54) is 4.90 Å². The van der Waals surface area contributed by atoms with E-state index in [-0.39, 0.29) is 6.04 Å². The zero-order valence-corrected chi connectivity index (χ0v) is 10.2. The van der Waals surface area contributed by atoms with Crippen LogP contribution in [0.15, 0.2) is 0 Å². The van der Waals surface area contributed by atoms with Crippen LogP contribution in [0.1, 0.15) is 40.5 Å². The van der Waals surface area contributed by atoms with Crippen molar-refractivity contribution in [1.82, 2.24) is 4.90 Å². The number of aliphatic carboxylic acids is 1. The number of nitrogens with zero attached hydrogens (tertiary/aromatic N) is 1. The molecule has 0 bridgehead atoms. The van der Waals surface area contributed by atoms with Gasteiger partial charge in [0.15, 0.2) is 0 Å². The first-order valence-electron chi connectivity index (χ1n) is 5.46. The number of ether oxygens (including phenoxy) is 1. The molecular formula is C11H19NO4. The molecule has 1 heterocycles. The number of carbonyl (C=O) groups excluding carboxylic acids is 1. The van der Waals surface area contributed by atoms with Gasteiger partial charge in [-0.2, -0.15) is 0 Å². The maximum atomic E-state index is 11.8. The maximum absolute atomic E-state index is 11.8. The van der Waals surface area contributed by atoms with Crippen molar-refractivity contribution in [3.8, 4) is 0 Å². The molecule has 0 aromatic heterocycles. The van der Waals surface area contributed by atoms with E-state index in [1.54, 1.807) is 20.8 Å². The minimum absolute atomic E-state index is 0.0732. The molecule has 0 spiro atoms. The number of hydrogen-bond acceptors (Lipinski definition) is 3. The first kappa shape index (κ1) is 12.8. The summed E-state index contributed by atoms with van der Waals surface area (Å²) in [4.78, 5) is 24.1. The van der Waals surface area contributed by atoms with E-state index in [2.05, 4.69) is 0 Å². The van der Waals surface area contributed by atoms with Crippen molar-refractivity contribution in [3.63, 3.8) is 0 Å². The van der Waals surface area contributed by atoms with E-state index in [0.29, 0.717) is 12.8 Å². The highest BCUT2D eigenvalue weighted by Crippen LogP contribution is 2.26. The Morgan fingerprint density at radius 3 is 2.31 bits per heavy atom. The quantitative estimate of drug-likeness (QED) is 0.745. The van der Waals surface area contributed by atoms with Crippen molar-refractivity contribution in [3.05, 3.63) is 0 Å². The van der Waals surface area contributed by atoms with Crippen LogP contribution in [0.2, 0.25) is 0 Å². The minimum atomic E-state index is -0.963. The van der Waals surface area contributed by atoms with Gasteiger partial charge in [-0.1, -0.05) is 0 Å². The fourth-order valence-electron chi connectivity index (χ4n) is 1.85. The van der Waals surface area contributed by atoms with Crippen LogP contribution < -0.4 is 0 Å². The molecule has 0 saturated carbocycles. The van der Waals surface area contributed by atoms with Crippen molar-refractivity contribution in [2.75, 3.05) is 0 Å². The Kier molecular flexibility index (Phi) is 3.45. The minimum Gasteiger partial charge on any atom is -0.480 e. The highest BCUT2D eigenvalue weighted by Gasteiger charge is 2.40. The summed E-state index contributed by atoms with van der Waals surface area (Å²) in [6.07, 6.45) is 0.663. The zero-order valence-electron chi connectivity index (χ0n) is 10.2. The monoisotopic (exact) mass is 229 g/mol. The molecule has 0 aliphatic carbocycles. The fourth-order valence-corrected chi connectivity index (χ4v) is 1.85. The number of carboxylic acid groups (broad SMARTS) is 1. The van der Waals surface area contributed by atoms with E-state index in [9.17, 15) is 9.59 Å². The van der Waals surface area contributed by atoms with Crippen molar-refractivity contribution in [2.24, 2.45) is 0 Å². The van der Waals surface area contributed by atoms with E-state index < -0.39 is 23.7 Å². The zero-order chi connectivity index (χ0) is 12.5. The topological polar surface area (TPSA) is 66.8 Å². The SMILES string of the molecule is CC1CCC(C(=O)O)N1C(=O)OC(C)(C)C. The molecule has 5 heteroatoms. The molecule has 0 aromatic carbocycles. The highest BCUT2D eigenvalue weighted by atomic mass is 16.6. The summed E-state index contributed by atoms with van der Waals surface area (Å²) >= 11 is 0. The smallest absolute Gasteiger partial charge is 0.411 e. The molecule has 1 amide bonds. The number of amides is 1. The Balaban J connectivity index is 2.76. The Morgan fingerprint density at radius 2 is 1.88 bits per heavy atom. The van der Waals surface area contributed by atoms with Gasteiger partial charge >= 0.3 is 12.1 Å². The molecule has 5 nitrogen and oxygen atoms in total. The summed E-state index contributed by atoms with van der Waals surface area (Å²) in [7, 11) is 0. The van der Waals surface area contributed by atoms with Gasteiger partial charge in [-0.3, -0.25) is 4.90 Å². The van der Waals surface area contributed by atoms with Crippen molar-refractivity contribution < 1.29 is 19.4 Å². The van der Waals surface area contributed by atoms with Crippen LogP contribution >= 0.6 is 0 Å². The molecule has 0 radical (unpaired) electrons. The van der Waals surface area contributed by atoms with Gasteiger partial charge in [0.05, 0.1) is 0 Å². The van der Waals surface area contributed by atoms with Gasteiger partial charge in [-0.25, -0.2) is 9.59 Å². The largest absolute Gasteiger partial charge is 0.480 e. The lowest BCUT2D eigenvalue weighted by Gasteiger charge is -2.29. The van der Waals surface area contributed by atoms with Crippen molar-refractivity contribution >= 4 is 12.1 Å². The molecule has 1 saturated heterocycles. The third-order valence-electron chi connectivity index (χ3n) is 2.56. The molecule has 16 heavy (non-hydrogen) atoms. The normalized spacial score (nSPS) is 25.6. The summed E-state index contributed by atoms with van der Waals surface area (Å²) < 4.78 is 5.20. The Labute approximate surface area is 95.4 Å². The third-order valence-corrected chi connectivity index (χ3v) is 2.56. The van der Waals surface area contributed by atoms with Gasteiger partial charge < -0.3 is 9.84 Å². The van der Waals surface area contributed by atoms with Crippen LogP contribution in [0, 0.1) is 0 Å². The Hall–Kier alpha value is -1.26. The van der Waals surface area contributed by atoms with Gasteiger partial charge in [0.25, 0.3) is 0 Å². The predicted molar refractivity (Wildman–Crippen MR) is 58.2 cm³/mol. The average Bonchev–Trinajstić information content (AvgIpc) is 2.43. The maximum Gasteiger partial charge on any atom is 0.411 e. The number of hydrogen-bond donors (Lipinski definition) is 1. The van der Waals surface area contributed by atoms with Gasteiger partial charge in [0.2, 0.25) is 0 Å². The number of carboxylic acids is 1. The fraction of sp³-hybridized carbons (Fsp3) is 0.818. The number of carbonyl (C=O) groups is 2. The molecule has 1 rings (SSSR count). The van der Waals surface area contributed by atoms with E-state index in [0.717, 1.165) is 0 Å². The van der Waals surface area contributed by atoms with Gasteiger partial charge in [0, 0.05) is 6.04 Å². The van der Waals surface area contributed by atoms with Gasteiger partial charge in [-0.05, 0) is 40.5 Å². The third kappa shape index (κ3) is 2.87. The van der Waals surface area contributed by atoms with Gasteiger partial charge in [0.1, 0.15) is 11.6 Å². The number of rotatable bonds is 1. The molecule has 1 N–H and O–H groups in total. The standard InChI is InChI=1S/C11H19NO4/c1-7-5-6-8(9(13)14)12(7)10(15)16-11(2,3)4/h7-8H,5-6H2,1-4H3,(H,13,14). The van der Waals surface area contributed by atoms with Gasteiger partial charge in [-0.15, -0.1) is 0 Å². The second-order valence-electron chi connectivity index (χ2n) is 5.17. The van der Waals surface area contributed by atoms with Crippen LogP contribution in [0.5, 0.6) is 0 Å². The summed E-state index contributed by atoms with van der Waals surface area (Å²) in [6.45, 7) is 7.14. The summed E-state index contributed by atoms with van der Waals surface area (Å²) in [5.74, 6) is -0.963. The average molecular weight is 229 g/mol. The Bertz CT molecular complexity index is 295. The van der Waals surface area contributed by atoms with E-state index >= 15 is 0 Å². The van der Waals surface area contributed by atoms with Crippen molar-refractivity contribution in [1.29, 1.82) is 0 Å². The van der Waals surface area contributed by atoms with Crippen LogP contribution in [0.25, 0.3) is 0 Å². The lowest BCUT2D eigenvalue weighted by molar-refractivity contribution is -0.142. The van der Waals surface area contributed by atoms with Crippen LogP contribution in [0.3, 0.4) is 0 Å². The molecule has 1 aliphatic rings. The first-order valence-corrected chi connectivity index (χ1v) is 5.46. The number of likely N-dealkylation sites (tertiary alicyclic amines) is 1. The summed E-state index contributed by atoms with van der Waals surface area (Å²) in [6, 6.07) is -0.819. The second-order valence-corrected chi connectivity index (χ2v) is 5.17. The van der Waals surface area contributed by atoms with E-state index in [4.69, 9.17) is 9.84 Å². The Morgan fingerprint density at radius 1 is 1.31 bits per heavy atom. The first-order chi connectivity index (χ1) is 7.22. The molecule has 2 unspecified atom stereocenters. The predicted octanol–water partition coefficient (Wildman–Crippen LogP) is 1.86. The summed E-state index contributed by atoms with van der Waals surface area (Å²) in [5, 5.41) is 9.00. The van der Waals surface area contributed by atoms with Crippen LogP contribution in [0.4, 0.5) is 4.79 Å². The second kappa shape index (κ2) is 4.31. The highest BCUT2D eigenvalue weighted by molar-refractivity contribution is 5.81. The molecule has 2 atom stereocenters. The summed E-state index contributed by atoms with van der Waals surface area (Å²) in [5.41, 5.74) is -0.595. The molecule has 1 aliphatic heterocycles. The lowest BCUT2D eigenvalue weighted by atomic mass is 10.2.